The molecule has 0 saturated carbocycles. The molecule has 0 spiro atoms. The fraction of sp³-hybridized carbons (Fsp3) is 0.400. The zero-order valence-corrected chi connectivity index (χ0v) is 9.90. The zero-order chi connectivity index (χ0) is 11.4. The Kier molecular flexibility index (Phi) is 4.23. The van der Waals surface area contributed by atoms with E-state index in [2.05, 4.69) is 15.9 Å². The smallest absolute Gasteiger partial charge is 0.270 e. The van der Waals surface area contributed by atoms with Crippen LogP contribution in [0.1, 0.15) is 18.9 Å². The summed E-state index contributed by atoms with van der Waals surface area (Å²) in [5, 5.41) is 19.7. The number of hydrogen-bond acceptors (Lipinski definition) is 3. The molecule has 0 aromatic heterocycles. The third-order valence-electron chi connectivity index (χ3n) is 2.00. The first kappa shape index (κ1) is 12.1. The second-order valence-electron chi connectivity index (χ2n) is 3.46. The van der Waals surface area contributed by atoms with Crippen LogP contribution in [-0.4, -0.2) is 16.1 Å². The topological polar surface area (TPSA) is 63.4 Å². The Balaban J connectivity index is 2.84. The first-order valence-electron chi connectivity index (χ1n) is 4.61. The van der Waals surface area contributed by atoms with Gasteiger partial charge in [-0.25, -0.2) is 0 Å². The fourth-order valence-electron chi connectivity index (χ4n) is 1.26. The molecular formula is C10H12BrNO3. The van der Waals surface area contributed by atoms with Crippen molar-refractivity contribution < 1.29 is 10.0 Å². The van der Waals surface area contributed by atoms with Crippen LogP contribution in [-0.2, 0) is 6.42 Å². The van der Waals surface area contributed by atoms with E-state index in [1.165, 1.54) is 12.1 Å². The van der Waals surface area contributed by atoms with Gasteiger partial charge in [0.15, 0.2) is 0 Å². The van der Waals surface area contributed by atoms with E-state index in [0.717, 1.165) is 5.56 Å². The summed E-state index contributed by atoms with van der Waals surface area (Å²) in [5.74, 6) is 0. The Morgan fingerprint density at radius 2 is 2.20 bits per heavy atom. The van der Waals surface area contributed by atoms with Crippen molar-refractivity contribution in [2.24, 2.45) is 0 Å². The SMILES string of the molecule is C[C@@H](O)CCc1cc(Br)cc([N+](=O)[O-])c1. The second kappa shape index (κ2) is 5.23. The lowest BCUT2D eigenvalue weighted by atomic mass is 10.1. The molecule has 0 unspecified atom stereocenters. The minimum atomic E-state index is -0.420. The van der Waals surface area contributed by atoms with Crippen molar-refractivity contribution in [2.75, 3.05) is 0 Å². The third kappa shape index (κ3) is 3.97. The lowest BCUT2D eigenvalue weighted by molar-refractivity contribution is -0.385. The van der Waals surface area contributed by atoms with Gasteiger partial charge in [0.25, 0.3) is 5.69 Å². The zero-order valence-electron chi connectivity index (χ0n) is 8.31. The average Bonchev–Trinajstić information content (AvgIpc) is 2.13. The van der Waals surface area contributed by atoms with Crippen molar-refractivity contribution in [1.29, 1.82) is 0 Å². The summed E-state index contributed by atoms with van der Waals surface area (Å²) in [7, 11) is 0. The highest BCUT2D eigenvalue weighted by Crippen LogP contribution is 2.22. The van der Waals surface area contributed by atoms with Crippen LogP contribution in [0.25, 0.3) is 0 Å². The van der Waals surface area contributed by atoms with Crippen LogP contribution in [0.15, 0.2) is 22.7 Å². The van der Waals surface area contributed by atoms with Gasteiger partial charge < -0.3 is 5.11 Å². The maximum absolute atomic E-state index is 10.6. The molecule has 0 saturated heterocycles. The predicted octanol–water partition coefficient (Wildman–Crippen LogP) is 2.67. The maximum atomic E-state index is 10.6. The molecule has 82 valence electrons. The molecule has 1 atom stereocenters. The summed E-state index contributed by atoms with van der Waals surface area (Å²) >= 11 is 3.22. The van der Waals surface area contributed by atoms with E-state index < -0.39 is 4.92 Å². The van der Waals surface area contributed by atoms with Gasteiger partial charge in [-0.3, -0.25) is 10.1 Å². The monoisotopic (exact) mass is 273 g/mol. The standard InChI is InChI=1S/C10H12BrNO3/c1-7(13)2-3-8-4-9(11)6-10(5-8)12(14)15/h4-7,13H,2-3H2,1H3/t7-/m1/s1. The van der Waals surface area contributed by atoms with Crippen LogP contribution < -0.4 is 0 Å². The van der Waals surface area contributed by atoms with Crippen LogP contribution >= 0.6 is 15.9 Å². The van der Waals surface area contributed by atoms with E-state index in [1.54, 1.807) is 6.92 Å². The third-order valence-corrected chi connectivity index (χ3v) is 2.46. The van der Waals surface area contributed by atoms with Crippen molar-refractivity contribution in [2.45, 2.75) is 25.9 Å². The van der Waals surface area contributed by atoms with Gasteiger partial charge in [0, 0.05) is 16.6 Å². The van der Waals surface area contributed by atoms with Crippen molar-refractivity contribution in [3.05, 3.63) is 38.3 Å². The Bertz CT molecular complexity index is 366. The molecule has 0 fully saturated rings. The van der Waals surface area contributed by atoms with Crippen molar-refractivity contribution in [3.8, 4) is 0 Å². The molecule has 0 aliphatic rings. The van der Waals surface area contributed by atoms with E-state index in [4.69, 9.17) is 5.11 Å². The number of aryl methyl sites for hydroxylation is 1. The molecule has 0 radical (unpaired) electrons. The van der Waals surface area contributed by atoms with E-state index in [0.29, 0.717) is 17.3 Å². The minimum absolute atomic E-state index is 0.0740. The summed E-state index contributed by atoms with van der Waals surface area (Å²) in [6.07, 6.45) is 0.856. The number of rotatable bonds is 4. The molecule has 5 heteroatoms. The van der Waals surface area contributed by atoms with E-state index in [1.807, 2.05) is 6.07 Å². The van der Waals surface area contributed by atoms with Gasteiger partial charge in [-0.15, -0.1) is 0 Å². The number of aliphatic hydroxyl groups is 1. The van der Waals surface area contributed by atoms with E-state index in [9.17, 15) is 10.1 Å². The van der Waals surface area contributed by atoms with Gasteiger partial charge in [0.1, 0.15) is 0 Å². The molecular weight excluding hydrogens is 262 g/mol. The quantitative estimate of drug-likeness (QED) is 0.678. The van der Waals surface area contributed by atoms with Crippen LogP contribution in [0, 0.1) is 10.1 Å². The molecule has 0 amide bonds. The molecule has 0 aliphatic heterocycles. The first-order chi connectivity index (χ1) is 6.99. The van der Waals surface area contributed by atoms with Gasteiger partial charge >= 0.3 is 0 Å². The van der Waals surface area contributed by atoms with Crippen LogP contribution in [0.5, 0.6) is 0 Å². The molecule has 0 aliphatic carbocycles. The highest BCUT2D eigenvalue weighted by Gasteiger charge is 2.09. The molecule has 0 heterocycles. The van der Waals surface area contributed by atoms with E-state index >= 15 is 0 Å². The van der Waals surface area contributed by atoms with Crippen molar-refractivity contribution in [3.63, 3.8) is 0 Å². The molecule has 4 nitrogen and oxygen atoms in total. The molecule has 1 rings (SSSR count). The Morgan fingerprint density at radius 1 is 1.53 bits per heavy atom. The van der Waals surface area contributed by atoms with Gasteiger partial charge in [-0.05, 0) is 31.4 Å². The molecule has 1 aromatic carbocycles. The van der Waals surface area contributed by atoms with Crippen LogP contribution in [0.2, 0.25) is 0 Å². The number of halogens is 1. The molecule has 15 heavy (non-hydrogen) atoms. The van der Waals surface area contributed by atoms with Gasteiger partial charge in [0.2, 0.25) is 0 Å². The number of nitro groups is 1. The van der Waals surface area contributed by atoms with Crippen molar-refractivity contribution in [1.82, 2.24) is 0 Å². The Morgan fingerprint density at radius 3 is 2.73 bits per heavy atom. The Hall–Kier alpha value is -0.940. The fourth-order valence-corrected chi connectivity index (χ4v) is 1.79. The summed E-state index contributed by atoms with van der Waals surface area (Å²) in [5.41, 5.74) is 0.932. The van der Waals surface area contributed by atoms with Crippen molar-refractivity contribution >= 4 is 21.6 Å². The predicted molar refractivity (Wildman–Crippen MR) is 60.8 cm³/mol. The molecule has 1 aromatic rings. The average molecular weight is 274 g/mol. The van der Waals surface area contributed by atoms with Gasteiger partial charge in [-0.2, -0.15) is 0 Å². The normalized spacial score (nSPS) is 12.5. The summed E-state index contributed by atoms with van der Waals surface area (Å²) in [6, 6.07) is 4.83. The second-order valence-corrected chi connectivity index (χ2v) is 4.38. The van der Waals surface area contributed by atoms with Gasteiger partial charge in [0.05, 0.1) is 11.0 Å². The molecule has 1 N–H and O–H groups in total. The van der Waals surface area contributed by atoms with E-state index in [-0.39, 0.29) is 11.8 Å². The summed E-state index contributed by atoms with van der Waals surface area (Å²) in [6.45, 7) is 1.70. The Labute approximate surface area is 96.2 Å². The minimum Gasteiger partial charge on any atom is -0.393 e. The summed E-state index contributed by atoms with van der Waals surface area (Å²) in [4.78, 5) is 10.2. The number of non-ortho nitro benzene ring substituents is 1. The number of aliphatic hydroxyl groups excluding tert-OH is 1. The lowest BCUT2D eigenvalue weighted by Crippen LogP contribution is -2.01. The number of nitro benzene ring substituents is 1. The number of nitrogens with zero attached hydrogens (tertiary/aromatic N) is 1. The maximum Gasteiger partial charge on any atom is 0.270 e. The first-order valence-corrected chi connectivity index (χ1v) is 5.40. The lowest BCUT2D eigenvalue weighted by Gasteiger charge is -2.04. The highest BCUT2D eigenvalue weighted by atomic mass is 79.9. The largest absolute Gasteiger partial charge is 0.393 e. The number of benzene rings is 1. The highest BCUT2D eigenvalue weighted by molar-refractivity contribution is 9.10. The summed E-state index contributed by atoms with van der Waals surface area (Å²) < 4.78 is 0.692. The van der Waals surface area contributed by atoms with Gasteiger partial charge in [-0.1, -0.05) is 15.9 Å². The molecule has 0 bridgehead atoms. The van der Waals surface area contributed by atoms with Crippen LogP contribution in [0.4, 0.5) is 5.69 Å². The number of hydrogen-bond donors (Lipinski definition) is 1. The van der Waals surface area contributed by atoms with Crippen LogP contribution in [0.3, 0.4) is 0 Å².